The van der Waals surface area contributed by atoms with Gasteiger partial charge in [-0.15, -0.1) is 0 Å². The molecule has 3 aromatic heterocycles. The van der Waals surface area contributed by atoms with Gasteiger partial charge in [0.15, 0.2) is 0 Å². The van der Waals surface area contributed by atoms with Gasteiger partial charge in [-0.2, -0.15) is 0 Å². The molecule has 1 aliphatic carbocycles. The number of aromatic nitrogens is 2. The van der Waals surface area contributed by atoms with Crippen molar-refractivity contribution in [2.75, 3.05) is 9.80 Å². The summed E-state index contributed by atoms with van der Waals surface area (Å²) in [7, 11) is 0. The summed E-state index contributed by atoms with van der Waals surface area (Å²) in [5.74, 6) is 0. The number of rotatable bonds is 4. The van der Waals surface area contributed by atoms with E-state index in [0.29, 0.717) is 0 Å². The number of hydrogen-bond donors (Lipinski definition) is 0. The highest BCUT2D eigenvalue weighted by atomic mass is 16.3. The molecule has 0 bridgehead atoms. The number of hydrogen-bond acceptors (Lipinski definition) is 3. The van der Waals surface area contributed by atoms with Crippen molar-refractivity contribution in [2.24, 2.45) is 0 Å². The maximum absolute atomic E-state index is 7.52. The van der Waals surface area contributed by atoms with Crippen molar-refractivity contribution in [1.29, 1.82) is 0 Å². The number of para-hydroxylation sites is 1. The van der Waals surface area contributed by atoms with Gasteiger partial charge in [0.1, 0.15) is 5.58 Å². The Kier molecular flexibility index (Phi) is 9.87. The first kappa shape index (κ1) is 49.1. The van der Waals surface area contributed by atoms with Gasteiger partial charge in [-0.25, -0.2) is 0 Å². The Morgan fingerprint density at radius 1 is 0.354 bits per heavy atom. The SMILES string of the molecule is CC(C)(C)c1ccc(N2c3ccc(C(C)(C)C)cc3B3c4oc5ccc(C(C)(C)C)cc5c4N(c4ccc(C(C)(C)C)cc4)c4cc(-n5c6ccc7cccc8c7c6c6c7c9c-8cccc9n(-c8ccccc8)c7ccc65)cc2c43)cc1. The van der Waals surface area contributed by atoms with E-state index >= 15 is 0 Å². The highest BCUT2D eigenvalue weighted by molar-refractivity contribution is 7.00. The van der Waals surface area contributed by atoms with Crippen molar-refractivity contribution in [3.05, 3.63) is 210 Å². The maximum Gasteiger partial charge on any atom is 0.297 e. The molecule has 0 radical (unpaired) electrons. The van der Waals surface area contributed by atoms with Crippen LogP contribution in [0.15, 0.2) is 192 Å². The number of nitrogens with zero attached hydrogens (tertiary/aromatic N) is 4. The molecule has 13 aromatic rings. The molecular formula is C76H67BN4O. The summed E-state index contributed by atoms with van der Waals surface area (Å²) >= 11 is 0. The summed E-state index contributed by atoms with van der Waals surface area (Å²) in [5.41, 5.74) is 25.7. The lowest BCUT2D eigenvalue weighted by Crippen LogP contribution is -2.61. The average Bonchev–Trinajstić information content (AvgIpc) is 1.49. The number of furan rings is 1. The van der Waals surface area contributed by atoms with Crippen LogP contribution in [0.3, 0.4) is 0 Å². The molecule has 0 N–H and O–H groups in total. The van der Waals surface area contributed by atoms with Crippen LogP contribution in [0.25, 0.3) is 87.9 Å². The number of anilines is 6. The molecule has 0 spiro atoms. The molecule has 6 heteroatoms. The standard InChI is InChI=1S/C76H67BN4O/c1-73(2,3)45-25-31-50(32-26-45)78-57-36-29-48(76(10,11)12)41-56(57)77-70-62(78)42-52(43-63(70)81(51-33-27-46(28-34-51)74(4,5)6)71-55-40-47(75(7,8)9)30-39-64(55)82-72(71)77)80-59-35-24-44-18-16-21-53-54-22-17-23-58-66(54)68-60(79(58)49-19-14-13-15-20-49)37-38-61(80)69(68)67(59)65(44)53/h13-43H,1-12H3. The molecule has 5 heterocycles. The zero-order chi connectivity index (χ0) is 56.3. The third-order valence-corrected chi connectivity index (χ3v) is 18.6. The summed E-state index contributed by atoms with van der Waals surface area (Å²) in [6, 6.07) is 72.3. The Hall–Kier alpha value is -8.74. The fourth-order valence-electron chi connectivity index (χ4n) is 14.4. The van der Waals surface area contributed by atoms with Crippen LogP contribution >= 0.6 is 0 Å². The summed E-state index contributed by atoms with van der Waals surface area (Å²) < 4.78 is 12.6. The van der Waals surface area contributed by atoms with E-state index in [1.807, 2.05) is 0 Å². The van der Waals surface area contributed by atoms with Gasteiger partial charge in [-0.05, 0) is 168 Å². The van der Waals surface area contributed by atoms with Gasteiger partial charge in [-0.1, -0.05) is 180 Å². The molecule has 0 saturated heterocycles. The van der Waals surface area contributed by atoms with Crippen molar-refractivity contribution in [3.63, 3.8) is 0 Å². The van der Waals surface area contributed by atoms with E-state index in [2.05, 4.69) is 290 Å². The average molecular weight is 1060 g/mol. The van der Waals surface area contributed by atoms with Crippen molar-refractivity contribution in [2.45, 2.75) is 105 Å². The molecule has 0 saturated carbocycles. The third-order valence-electron chi connectivity index (χ3n) is 18.6. The third kappa shape index (κ3) is 6.81. The van der Waals surface area contributed by atoms with E-state index in [9.17, 15) is 0 Å². The highest BCUT2D eigenvalue weighted by Gasteiger charge is 2.48. The van der Waals surface area contributed by atoms with Crippen molar-refractivity contribution in [1.82, 2.24) is 9.13 Å². The first-order chi connectivity index (χ1) is 39.2. The fourth-order valence-corrected chi connectivity index (χ4v) is 14.4. The van der Waals surface area contributed by atoms with E-state index in [1.165, 1.54) is 98.7 Å². The second kappa shape index (κ2) is 16.5. The van der Waals surface area contributed by atoms with Crippen LogP contribution in [-0.4, -0.2) is 15.8 Å². The molecule has 0 fully saturated rings. The molecule has 0 atom stereocenters. The van der Waals surface area contributed by atoms with Crippen LogP contribution in [-0.2, 0) is 21.7 Å². The lowest BCUT2D eigenvalue weighted by atomic mass is 9.35. The van der Waals surface area contributed by atoms with Gasteiger partial charge in [0.05, 0.1) is 39.1 Å². The zero-order valence-corrected chi connectivity index (χ0v) is 49.2. The Balaban J connectivity index is 1.08. The Morgan fingerprint density at radius 3 is 1.49 bits per heavy atom. The topological polar surface area (TPSA) is 29.5 Å². The van der Waals surface area contributed by atoms with Crippen LogP contribution in [0.1, 0.15) is 105 Å². The fraction of sp³-hybridized carbons (Fsp3) is 0.211. The smallest absolute Gasteiger partial charge is 0.297 e. The Morgan fingerprint density at radius 2 is 0.854 bits per heavy atom. The van der Waals surface area contributed by atoms with Crippen LogP contribution in [0, 0.1) is 0 Å². The summed E-state index contributed by atoms with van der Waals surface area (Å²) in [5, 5.41) is 8.86. The summed E-state index contributed by atoms with van der Waals surface area (Å²) in [6.07, 6.45) is 0. The first-order valence-corrected chi connectivity index (χ1v) is 29.5. The predicted octanol–water partition coefficient (Wildman–Crippen LogP) is 19.0. The van der Waals surface area contributed by atoms with Gasteiger partial charge < -0.3 is 23.4 Å². The van der Waals surface area contributed by atoms with E-state index in [-0.39, 0.29) is 28.4 Å². The van der Waals surface area contributed by atoms with Crippen molar-refractivity contribution >= 4 is 123 Å². The quantitative estimate of drug-likeness (QED) is 0.165. The normalized spacial score (nSPS) is 14.0. The van der Waals surface area contributed by atoms with Gasteiger partial charge in [0, 0.05) is 61.1 Å². The molecule has 0 amide bonds. The van der Waals surface area contributed by atoms with Crippen molar-refractivity contribution < 1.29 is 4.42 Å². The van der Waals surface area contributed by atoms with E-state index in [1.54, 1.807) is 0 Å². The first-order valence-electron chi connectivity index (χ1n) is 29.5. The minimum absolute atomic E-state index is 0.0134. The molecule has 10 aromatic carbocycles. The lowest BCUT2D eigenvalue weighted by Gasteiger charge is -2.43. The highest BCUT2D eigenvalue weighted by Crippen LogP contribution is 2.54. The van der Waals surface area contributed by atoms with Gasteiger partial charge in [-0.3, -0.25) is 0 Å². The molecule has 3 aliphatic rings. The number of fused-ring (bicyclic) bond motifs is 7. The van der Waals surface area contributed by atoms with E-state index in [0.717, 1.165) is 62.1 Å². The molecule has 0 unspecified atom stereocenters. The second-order valence-electron chi connectivity index (χ2n) is 27.8. The molecular weight excluding hydrogens is 996 g/mol. The Labute approximate surface area is 481 Å². The van der Waals surface area contributed by atoms with Crippen LogP contribution in [0.5, 0.6) is 0 Å². The van der Waals surface area contributed by atoms with Crippen LogP contribution < -0.4 is 26.4 Å². The molecule has 2 aliphatic heterocycles. The lowest BCUT2D eigenvalue weighted by molar-refractivity contribution is 0.590. The van der Waals surface area contributed by atoms with Crippen LogP contribution in [0.4, 0.5) is 34.1 Å². The molecule has 82 heavy (non-hydrogen) atoms. The predicted molar refractivity (Wildman–Crippen MR) is 350 cm³/mol. The van der Waals surface area contributed by atoms with E-state index < -0.39 is 0 Å². The molecule has 400 valence electrons. The largest absolute Gasteiger partial charge is 0.468 e. The minimum Gasteiger partial charge on any atom is -0.468 e. The Bertz CT molecular complexity index is 4890. The maximum atomic E-state index is 7.52. The van der Waals surface area contributed by atoms with Gasteiger partial charge in [0.2, 0.25) is 0 Å². The zero-order valence-electron chi connectivity index (χ0n) is 49.2. The van der Waals surface area contributed by atoms with Crippen LogP contribution in [0.2, 0.25) is 0 Å². The molecule has 16 rings (SSSR count). The number of benzene rings is 10. The monoisotopic (exact) mass is 1060 g/mol. The molecule has 5 nitrogen and oxygen atoms in total. The van der Waals surface area contributed by atoms with Gasteiger partial charge >= 0.3 is 0 Å². The second-order valence-corrected chi connectivity index (χ2v) is 27.8. The van der Waals surface area contributed by atoms with Gasteiger partial charge in [0.25, 0.3) is 6.71 Å². The summed E-state index contributed by atoms with van der Waals surface area (Å²) in [4.78, 5) is 5.14. The minimum atomic E-state index is -0.218. The summed E-state index contributed by atoms with van der Waals surface area (Å²) in [6.45, 7) is 27.6. The van der Waals surface area contributed by atoms with E-state index in [4.69, 9.17) is 4.42 Å². The van der Waals surface area contributed by atoms with Crippen molar-refractivity contribution in [3.8, 4) is 22.5 Å².